The van der Waals surface area contributed by atoms with Crippen molar-refractivity contribution in [3.8, 4) is 0 Å². The number of halogens is 3. The topological polar surface area (TPSA) is 38.3 Å². The minimum Gasteiger partial charge on any atom is -0.466 e. The summed E-state index contributed by atoms with van der Waals surface area (Å²) in [6.07, 6.45) is -0.861. The maximum Gasteiger partial charge on any atom is 0.416 e. The lowest BCUT2D eigenvalue weighted by Crippen LogP contribution is -2.41. The highest BCUT2D eigenvalue weighted by atomic mass is 19.4. The minimum absolute atomic E-state index is 0.0441. The second-order valence-corrected chi connectivity index (χ2v) is 5.89. The molecule has 0 aliphatic heterocycles. The van der Waals surface area contributed by atoms with Crippen LogP contribution in [-0.4, -0.2) is 18.6 Å². The van der Waals surface area contributed by atoms with Crippen molar-refractivity contribution >= 4 is 5.97 Å². The Bertz CT molecular complexity index is 527. The monoisotopic (exact) mass is 329 g/mol. The van der Waals surface area contributed by atoms with Crippen LogP contribution in [-0.2, 0) is 22.3 Å². The van der Waals surface area contributed by atoms with Gasteiger partial charge in [-0.25, -0.2) is 0 Å². The van der Waals surface area contributed by atoms with E-state index in [2.05, 4.69) is 5.32 Å². The molecule has 2 rings (SSSR count). The zero-order valence-corrected chi connectivity index (χ0v) is 13.2. The van der Waals surface area contributed by atoms with Crippen molar-refractivity contribution < 1.29 is 22.7 Å². The summed E-state index contributed by atoms with van der Waals surface area (Å²) in [7, 11) is 0. The number of carbonyl (C=O) groups is 1. The number of benzene rings is 1. The molecule has 0 amide bonds. The Kier molecular flexibility index (Phi) is 6.04. The van der Waals surface area contributed by atoms with Crippen molar-refractivity contribution in [2.24, 2.45) is 5.92 Å². The van der Waals surface area contributed by atoms with E-state index in [0.717, 1.165) is 31.4 Å². The van der Waals surface area contributed by atoms with Crippen molar-refractivity contribution in [1.29, 1.82) is 0 Å². The zero-order valence-electron chi connectivity index (χ0n) is 13.2. The van der Waals surface area contributed by atoms with Crippen LogP contribution in [0.4, 0.5) is 13.2 Å². The fraction of sp³-hybridized carbons (Fsp3) is 0.588. The molecule has 0 heterocycles. The molecular formula is C17H22F3NO2. The molecule has 1 saturated carbocycles. The lowest BCUT2D eigenvalue weighted by molar-refractivity contribution is -0.144. The van der Waals surface area contributed by atoms with Crippen molar-refractivity contribution in [2.45, 2.75) is 51.4 Å². The summed E-state index contributed by atoms with van der Waals surface area (Å²) in [5.41, 5.74) is -0.0876. The van der Waals surface area contributed by atoms with Crippen LogP contribution < -0.4 is 5.32 Å². The number of carbonyl (C=O) groups excluding carboxylic acids is 1. The van der Waals surface area contributed by atoms with Gasteiger partial charge in [0.1, 0.15) is 0 Å². The van der Waals surface area contributed by atoms with Gasteiger partial charge in [-0.05, 0) is 37.3 Å². The fourth-order valence-corrected chi connectivity index (χ4v) is 2.75. The van der Waals surface area contributed by atoms with E-state index in [9.17, 15) is 18.0 Å². The summed E-state index contributed by atoms with van der Waals surface area (Å²) in [4.78, 5) is 11.7. The van der Waals surface area contributed by atoms with Crippen LogP contribution in [0.2, 0.25) is 0 Å². The normalized spacial score (nSPS) is 16.7. The van der Waals surface area contributed by atoms with Gasteiger partial charge in [-0.15, -0.1) is 0 Å². The first kappa shape index (κ1) is 17.8. The molecule has 1 aromatic carbocycles. The maximum atomic E-state index is 12.7. The molecule has 1 aromatic rings. The third-order valence-electron chi connectivity index (χ3n) is 4.23. The molecule has 1 aliphatic rings. The molecule has 0 bridgehead atoms. The molecule has 0 aromatic heterocycles. The molecule has 1 fully saturated rings. The molecule has 1 unspecified atom stereocenters. The van der Waals surface area contributed by atoms with Crippen molar-refractivity contribution in [1.82, 2.24) is 5.32 Å². The van der Waals surface area contributed by atoms with Crippen LogP contribution in [0.5, 0.6) is 0 Å². The summed E-state index contributed by atoms with van der Waals surface area (Å²) in [6, 6.07) is 5.23. The fourth-order valence-electron chi connectivity index (χ4n) is 2.75. The molecular weight excluding hydrogens is 307 g/mol. The van der Waals surface area contributed by atoms with Gasteiger partial charge in [-0.3, -0.25) is 4.79 Å². The molecule has 1 aliphatic carbocycles. The SMILES string of the molecule is CCOC(=O)CC(NCc1cccc(C(F)(F)F)c1)C1CCC1. The van der Waals surface area contributed by atoms with Crippen LogP contribution in [0.1, 0.15) is 43.7 Å². The highest BCUT2D eigenvalue weighted by Gasteiger charge is 2.31. The van der Waals surface area contributed by atoms with Gasteiger partial charge < -0.3 is 10.1 Å². The molecule has 1 N–H and O–H groups in total. The lowest BCUT2D eigenvalue weighted by atomic mass is 9.78. The molecule has 0 spiro atoms. The molecule has 0 saturated heterocycles. The second kappa shape index (κ2) is 7.81. The summed E-state index contributed by atoms with van der Waals surface area (Å²) < 4.78 is 43.2. The van der Waals surface area contributed by atoms with Gasteiger partial charge in [0.2, 0.25) is 0 Å². The van der Waals surface area contributed by atoms with E-state index >= 15 is 0 Å². The van der Waals surface area contributed by atoms with Crippen molar-refractivity contribution in [2.75, 3.05) is 6.61 Å². The number of hydrogen-bond acceptors (Lipinski definition) is 3. The van der Waals surface area contributed by atoms with Gasteiger partial charge in [0, 0.05) is 12.6 Å². The minimum atomic E-state index is -4.34. The van der Waals surface area contributed by atoms with E-state index in [1.165, 1.54) is 6.07 Å². The Morgan fingerprint density at radius 2 is 2.13 bits per heavy atom. The van der Waals surface area contributed by atoms with Crippen LogP contribution in [0, 0.1) is 5.92 Å². The van der Waals surface area contributed by atoms with E-state index in [1.807, 2.05) is 0 Å². The van der Waals surface area contributed by atoms with Gasteiger partial charge in [0.25, 0.3) is 0 Å². The van der Waals surface area contributed by atoms with E-state index in [-0.39, 0.29) is 18.4 Å². The Balaban J connectivity index is 1.96. The first-order valence-corrected chi connectivity index (χ1v) is 7.95. The lowest BCUT2D eigenvalue weighted by Gasteiger charge is -2.34. The Morgan fingerprint density at radius 1 is 1.39 bits per heavy atom. The summed E-state index contributed by atoms with van der Waals surface area (Å²) in [6.45, 7) is 2.40. The van der Waals surface area contributed by atoms with Crippen molar-refractivity contribution in [3.05, 3.63) is 35.4 Å². The molecule has 6 heteroatoms. The summed E-state index contributed by atoms with van der Waals surface area (Å²) in [5.74, 6) is 0.131. The highest BCUT2D eigenvalue weighted by Crippen LogP contribution is 2.32. The second-order valence-electron chi connectivity index (χ2n) is 5.89. The summed E-state index contributed by atoms with van der Waals surface area (Å²) >= 11 is 0. The predicted octanol–water partition coefficient (Wildman–Crippen LogP) is 3.92. The smallest absolute Gasteiger partial charge is 0.416 e. The van der Waals surface area contributed by atoms with E-state index < -0.39 is 11.7 Å². The Hall–Kier alpha value is -1.56. The standard InChI is InChI=1S/C17H22F3NO2/c1-2-23-16(22)10-15(13-6-4-7-13)21-11-12-5-3-8-14(9-12)17(18,19)20/h3,5,8-9,13,15,21H,2,4,6-7,10-11H2,1H3. The van der Waals surface area contributed by atoms with Gasteiger partial charge in [0.15, 0.2) is 0 Å². The van der Waals surface area contributed by atoms with Crippen LogP contribution in [0.25, 0.3) is 0 Å². The molecule has 128 valence electrons. The highest BCUT2D eigenvalue weighted by molar-refractivity contribution is 5.70. The van der Waals surface area contributed by atoms with Crippen LogP contribution >= 0.6 is 0 Å². The van der Waals surface area contributed by atoms with Crippen LogP contribution in [0.3, 0.4) is 0 Å². The quantitative estimate of drug-likeness (QED) is 0.771. The molecule has 0 radical (unpaired) electrons. The maximum absolute atomic E-state index is 12.7. The third-order valence-corrected chi connectivity index (χ3v) is 4.23. The molecule has 23 heavy (non-hydrogen) atoms. The number of ether oxygens (including phenoxy) is 1. The van der Waals surface area contributed by atoms with E-state index in [4.69, 9.17) is 4.74 Å². The van der Waals surface area contributed by atoms with Crippen molar-refractivity contribution in [3.63, 3.8) is 0 Å². The Morgan fingerprint density at radius 3 is 2.70 bits per heavy atom. The van der Waals surface area contributed by atoms with Gasteiger partial charge in [0.05, 0.1) is 18.6 Å². The summed E-state index contributed by atoms with van der Waals surface area (Å²) in [5, 5.41) is 3.24. The van der Waals surface area contributed by atoms with E-state index in [0.29, 0.717) is 24.6 Å². The number of hydrogen-bond donors (Lipinski definition) is 1. The average molecular weight is 329 g/mol. The number of rotatable bonds is 7. The largest absolute Gasteiger partial charge is 0.466 e. The first-order valence-electron chi connectivity index (χ1n) is 7.95. The number of esters is 1. The van der Waals surface area contributed by atoms with Crippen LogP contribution in [0.15, 0.2) is 24.3 Å². The molecule has 3 nitrogen and oxygen atoms in total. The van der Waals surface area contributed by atoms with Gasteiger partial charge in [-0.2, -0.15) is 13.2 Å². The number of alkyl halides is 3. The Labute approximate surface area is 134 Å². The third kappa shape index (κ3) is 5.23. The van der Waals surface area contributed by atoms with Gasteiger partial charge >= 0.3 is 12.1 Å². The zero-order chi connectivity index (χ0) is 16.9. The predicted molar refractivity (Wildman–Crippen MR) is 80.7 cm³/mol. The van der Waals surface area contributed by atoms with E-state index in [1.54, 1.807) is 13.0 Å². The van der Waals surface area contributed by atoms with Gasteiger partial charge in [-0.1, -0.05) is 24.6 Å². The number of nitrogens with one attached hydrogen (secondary N) is 1. The average Bonchev–Trinajstić information content (AvgIpc) is 2.42. The first-order chi connectivity index (χ1) is 10.9. The molecule has 1 atom stereocenters.